The molecule has 0 amide bonds. The lowest BCUT2D eigenvalue weighted by Crippen LogP contribution is -2.38. The third-order valence-electron chi connectivity index (χ3n) is 2.93. The third-order valence-corrected chi connectivity index (χ3v) is 2.93. The Bertz CT molecular complexity index is 333. The molecule has 1 aromatic rings. The Balaban J connectivity index is 1.80. The minimum absolute atomic E-state index is 0.142. The minimum Gasteiger partial charge on any atom is -0.508 e. The van der Waals surface area contributed by atoms with E-state index in [0.717, 1.165) is 12.1 Å². The highest BCUT2D eigenvalue weighted by molar-refractivity contribution is 5.27. The Labute approximate surface area is 102 Å². The van der Waals surface area contributed by atoms with Crippen LogP contribution >= 0.6 is 0 Å². The van der Waals surface area contributed by atoms with Crippen molar-refractivity contribution in [2.45, 2.75) is 19.1 Å². The van der Waals surface area contributed by atoms with E-state index >= 15 is 0 Å². The van der Waals surface area contributed by atoms with Crippen LogP contribution in [0.25, 0.3) is 0 Å². The Hall–Kier alpha value is -1.10. The van der Waals surface area contributed by atoms with Gasteiger partial charge in [0.25, 0.3) is 0 Å². The van der Waals surface area contributed by atoms with Crippen molar-refractivity contribution in [3.63, 3.8) is 0 Å². The second-order valence-corrected chi connectivity index (χ2v) is 4.29. The fourth-order valence-corrected chi connectivity index (χ4v) is 1.84. The molecule has 0 bridgehead atoms. The van der Waals surface area contributed by atoms with Crippen LogP contribution in [0, 0.1) is 0 Å². The summed E-state index contributed by atoms with van der Waals surface area (Å²) in [6.45, 7) is 4.91. The molecule has 1 saturated heterocycles. The molecule has 94 valence electrons. The Kier molecular flexibility index (Phi) is 4.36. The molecule has 0 radical (unpaired) electrons. The van der Waals surface area contributed by atoms with E-state index in [1.165, 1.54) is 0 Å². The van der Waals surface area contributed by atoms with Crippen LogP contribution in [0.2, 0.25) is 0 Å². The van der Waals surface area contributed by atoms with Gasteiger partial charge in [0.15, 0.2) is 0 Å². The van der Waals surface area contributed by atoms with Crippen LogP contribution in [-0.2, 0) is 9.47 Å². The van der Waals surface area contributed by atoms with Crippen LogP contribution in [0.5, 0.6) is 5.75 Å². The smallest absolute Gasteiger partial charge is 0.115 e. The van der Waals surface area contributed by atoms with Crippen molar-refractivity contribution >= 4 is 0 Å². The molecular weight excluding hydrogens is 218 g/mol. The number of ether oxygens (including phenoxy) is 2. The maximum Gasteiger partial charge on any atom is 0.115 e. The summed E-state index contributed by atoms with van der Waals surface area (Å²) in [4.78, 5) is 0. The van der Waals surface area contributed by atoms with Gasteiger partial charge in [-0.2, -0.15) is 0 Å². The molecule has 2 rings (SSSR count). The number of hydrogen-bond donors (Lipinski definition) is 2. The van der Waals surface area contributed by atoms with Gasteiger partial charge in [0, 0.05) is 12.6 Å². The lowest BCUT2D eigenvalue weighted by Gasteiger charge is -2.25. The molecule has 4 nitrogen and oxygen atoms in total. The van der Waals surface area contributed by atoms with Crippen molar-refractivity contribution in [2.24, 2.45) is 0 Å². The summed E-state index contributed by atoms with van der Waals surface area (Å²) in [5.74, 6) is 0.296. The van der Waals surface area contributed by atoms with Gasteiger partial charge < -0.3 is 19.9 Å². The number of benzene rings is 1. The van der Waals surface area contributed by atoms with Crippen molar-refractivity contribution in [1.82, 2.24) is 5.32 Å². The molecule has 0 aliphatic carbocycles. The highest BCUT2D eigenvalue weighted by atomic mass is 16.6. The summed E-state index contributed by atoms with van der Waals surface area (Å²) in [7, 11) is 0. The summed E-state index contributed by atoms with van der Waals surface area (Å²) < 4.78 is 10.9. The van der Waals surface area contributed by atoms with Gasteiger partial charge in [-0.3, -0.25) is 0 Å². The van der Waals surface area contributed by atoms with Crippen molar-refractivity contribution in [2.75, 3.05) is 26.4 Å². The van der Waals surface area contributed by atoms with Crippen molar-refractivity contribution in [3.8, 4) is 5.75 Å². The van der Waals surface area contributed by atoms with Gasteiger partial charge in [0.05, 0.1) is 25.9 Å². The monoisotopic (exact) mass is 237 g/mol. The van der Waals surface area contributed by atoms with Crippen LogP contribution < -0.4 is 5.32 Å². The average Bonchev–Trinajstić information content (AvgIpc) is 2.38. The lowest BCUT2D eigenvalue weighted by atomic mass is 10.1. The first-order chi connectivity index (χ1) is 8.25. The van der Waals surface area contributed by atoms with Gasteiger partial charge in [0.2, 0.25) is 0 Å². The first-order valence-corrected chi connectivity index (χ1v) is 5.97. The van der Waals surface area contributed by atoms with Crippen LogP contribution in [0.4, 0.5) is 0 Å². The maximum absolute atomic E-state index is 9.22. The average molecular weight is 237 g/mol. The molecule has 1 fully saturated rings. The second kappa shape index (κ2) is 6.00. The largest absolute Gasteiger partial charge is 0.508 e. The SMILES string of the molecule is CC(NCC1COCCO1)c1ccc(O)cc1. The third kappa shape index (κ3) is 3.70. The minimum atomic E-state index is 0.142. The number of rotatable bonds is 4. The van der Waals surface area contributed by atoms with Crippen molar-refractivity contribution < 1.29 is 14.6 Å². The number of aromatic hydroxyl groups is 1. The standard InChI is InChI=1S/C13H19NO3/c1-10(11-2-4-12(15)5-3-11)14-8-13-9-16-6-7-17-13/h2-5,10,13-15H,6-9H2,1H3. The number of phenols is 1. The fraction of sp³-hybridized carbons (Fsp3) is 0.538. The second-order valence-electron chi connectivity index (χ2n) is 4.29. The summed E-state index contributed by atoms with van der Waals surface area (Å²) >= 11 is 0. The molecular formula is C13H19NO3. The van der Waals surface area contributed by atoms with Crippen LogP contribution in [0.15, 0.2) is 24.3 Å². The molecule has 2 N–H and O–H groups in total. The molecule has 17 heavy (non-hydrogen) atoms. The van der Waals surface area contributed by atoms with Gasteiger partial charge in [0.1, 0.15) is 5.75 Å². The predicted octanol–water partition coefficient (Wildman–Crippen LogP) is 1.46. The summed E-state index contributed by atoms with van der Waals surface area (Å²) in [6.07, 6.45) is 0.142. The quantitative estimate of drug-likeness (QED) is 0.832. The zero-order valence-corrected chi connectivity index (χ0v) is 10.1. The van der Waals surface area contributed by atoms with E-state index < -0.39 is 0 Å². The van der Waals surface area contributed by atoms with E-state index in [9.17, 15) is 5.11 Å². The predicted molar refractivity (Wildman–Crippen MR) is 65.1 cm³/mol. The zero-order chi connectivity index (χ0) is 12.1. The van der Waals surface area contributed by atoms with E-state index in [2.05, 4.69) is 12.2 Å². The van der Waals surface area contributed by atoms with E-state index in [1.807, 2.05) is 12.1 Å². The molecule has 1 aliphatic heterocycles. The molecule has 1 aliphatic rings. The topological polar surface area (TPSA) is 50.7 Å². The normalized spacial score (nSPS) is 22.3. The van der Waals surface area contributed by atoms with Crippen LogP contribution in [0.1, 0.15) is 18.5 Å². The first kappa shape index (κ1) is 12.4. The number of nitrogens with one attached hydrogen (secondary N) is 1. The number of hydrogen-bond acceptors (Lipinski definition) is 4. The molecule has 2 unspecified atom stereocenters. The molecule has 4 heteroatoms. The van der Waals surface area contributed by atoms with Crippen molar-refractivity contribution in [1.29, 1.82) is 0 Å². The van der Waals surface area contributed by atoms with Gasteiger partial charge in [-0.1, -0.05) is 12.1 Å². The number of phenolic OH excluding ortho intramolecular Hbond substituents is 1. The zero-order valence-electron chi connectivity index (χ0n) is 10.1. The van der Waals surface area contributed by atoms with Crippen LogP contribution in [0.3, 0.4) is 0 Å². The van der Waals surface area contributed by atoms with Crippen LogP contribution in [-0.4, -0.2) is 37.6 Å². The van der Waals surface area contributed by atoms with E-state index in [-0.39, 0.29) is 12.1 Å². The summed E-state index contributed by atoms with van der Waals surface area (Å²) in [5.41, 5.74) is 1.15. The molecule has 2 atom stereocenters. The highest BCUT2D eigenvalue weighted by Crippen LogP contribution is 2.16. The van der Waals surface area contributed by atoms with Gasteiger partial charge >= 0.3 is 0 Å². The van der Waals surface area contributed by atoms with E-state index in [0.29, 0.717) is 25.6 Å². The fourth-order valence-electron chi connectivity index (χ4n) is 1.84. The molecule has 0 saturated carbocycles. The van der Waals surface area contributed by atoms with Gasteiger partial charge in [-0.25, -0.2) is 0 Å². The molecule has 0 aromatic heterocycles. The Morgan fingerprint density at radius 2 is 2.12 bits per heavy atom. The molecule has 1 heterocycles. The first-order valence-electron chi connectivity index (χ1n) is 5.97. The van der Waals surface area contributed by atoms with Crippen molar-refractivity contribution in [3.05, 3.63) is 29.8 Å². The molecule has 0 spiro atoms. The lowest BCUT2D eigenvalue weighted by molar-refractivity contribution is -0.0869. The van der Waals surface area contributed by atoms with Gasteiger partial charge in [-0.05, 0) is 24.6 Å². The Morgan fingerprint density at radius 3 is 2.76 bits per heavy atom. The summed E-state index contributed by atoms with van der Waals surface area (Å²) in [6, 6.07) is 7.49. The highest BCUT2D eigenvalue weighted by Gasteiger charge is 2.15. The van der Waals surface area contributed by atoms with E-state index in [1.54, 1.807) is 12.1 Å². The Morgan fingerprint density at radius 1 is 1.35 bits per heavy atom. The van der Waals surface area contributed by atoms with Gasteiger partial charge in [-0.15, -0.1) is 0 Å². The van der Waals surface area contributed by atoms with E-state index in [4.69, 9.17) is 9.47 Å². The summed E-state index contributed by atoms with van der Waals surface area (Å²) in [5, 5.41) is 12.6. The molecule has 1 aromatic carbocycles. The maximum atomic E-state index is 9.22.